The smallest absolute Gasteiger partial charge is 0.490 e. The summed E-state index contributed by atoms with van der Waals surface area (Å²) in [6, 6.07) is 11.3. The summed E-state index contributed by atoms with van der Waals surface area (Å²) in [5.74, 6) is -2.70. The van der Waals surface area contributed by atoms with Crippen molar-refractivity contribution in [3.63, 3.8) is 0 Å². The van der Waals surface area contributed by atoms with E-state index in [4.69, 9.17) is 14.6 Å². The second-order valence-corrected chi connectivity index (χ2v) is 7.91. The van der Waals surface area contributed by atoms with Gasteiger partial charge in [0.25, 0.3) is 11.5 Å². The topological polar surface area (TPSA) is 111 Å². The number of halogens is 3. The van der Waals surface area contributed by atoms with Gasteiger partial charge in [-0.1, -0.05) is 18.2 Å². The lowest BCUT2D eigenvalue weighted by Gasteiger charge is -2.07. The number of methoxy groups -OCH3 is 1. The van der Waals surface area contributed by atoms with Gasteiger partial charge >= 0.3 is 12.1 Å². The fourth-order valence-electron chi connectivity index (χ4n) is 3.14. The van der Waals surface area contributed by atoms with Crippen molar-refractivity contribution >= 4 is 44.2 Å². The molecule has 0 bridgehead atoms. The Kier molecular flexibility index (Phi) is 7.20. The van der Waals surface area contributed by atoms with Crippen LogP contribution in [0.2, 0.25) is 0 Å². The molecule has 0 aliphatic heterocycles. The number of benzene rings is 1. The van der Waals surface area contributed by atoms with E-state index in [0.717, 1.165) is 21.2 Å². The van der Waals surface area contributed by atoms with Crippen LogP contribution in [-0.4, -0.2) is 39.8 Å². The van der Waals surface area contributed by atoms with Crippen LogP contribution in [0.4, 0.5) is 13.2 Å². The van der Waals surface area contributed by atoms with Crippen molar-refractivity contribution in [3.8, 4) is 5.75 Å². The Labute approximate surface area is 194 Å². The molecule has 0 radical (unpaired) electrons. The van der Waals surface area contributed by atoms with E-state index in [1.54, 1.807) is 24.0 Å². The Morgan fingerprint density at radius 3 is 2.38 bits per heavy atom. The molecular weight excluding hydrogens is 475 g/mol. The van der Waals surface area contributed by atoms with Gasteiger partial charge in [0.1, 0.15) is 10.3 Å². The summed E-state index contributed by atoms with van der Waals surface area (Å²) in [5, 5.41) is 11.4. The molecule has 0 aliphatic carbocycles. The molecule has 4 rings (SSSR count). The minimum atomic E-state index is -5.08. The van der Waals surface area contributed by atoms with Crippen molar-refractivity contribution in [1.29, 1.82) is 0 Å². The van der Waals surface area contributed by atoms with Crippen molar-refractivity contribution in [2.24, 2.45) is 7.05 Å². The number of carbonyl (C=O) groups excluding carboxylic acids is 1. The lowest BCUT2D eigenvalue weighted by molar-refractivity contribution is -0.192. The fraction of sp³-hybridized carbons (Fsp3) is 0.182. The Bertz CT molecular complexity index is 1410. The average molecular weight is 493 g/mol. The van der Waals surface area contributed by atoms with Gasteiger partial charge in [-0.3, -0.25) is 14.6 Å². The summed E-state index contributed by atoms with van der Waals surface area (Å²) >= 11 is 1.28. The van der Waals surface area contributed by atoms with E-state index in [-0.39, 0.29) is 11.5 Å². The number of hydrogen-bond donors (Lipinski definition) is 2. The molecule has 3 aromatic heterocycles. The number of carboxylic acid groups (broad SMARTS) is 1. The van der Waals surface area contributed by atoms with E-state index < -0.39 is 12.1 Å². The Balaban J connectivity index is 0.000000406. The number of aryl methyl sites for hydroxylation is 1. The van der Waals surface area contributed by atoms with Crippen LogP contribution in [0.3, 0.4) is 0 Å². The minimum Gasteiger partial charge on any atom is -0.494 e. The minimum absolute atomic E-state index is 0.176. The molecular formula is C22H18F3N3O5S. The number of carbonyl (C=O) groups is 2. The molecule has 2 N–H and O–H groups in total. The quantitative estimate of drug-likeness (QED) is 0.448. The van der Waals surface area contributed by atoms with Crippen molar-refractivity contribution in [2.75, 3.05) is 7.11 Å². The monoisotopic (exact) mass is 493 g/mol. The third-order valence-corrected chi connectivity index (χ3v) is 5.95. The highest BCUT2D eigenvalue weighted by Crippen LogP contribution is 2.39. The Morgan fingerprint density at radius 1 is 1.18 bits per heavy atom. The van der Waals surface area contributed by atoms with E-state index in [1.165, 1.54) is 18.4 Å². The Hall–Kier alpha value is -3.93. The standard InChI is InChI=1S/C20H17N3O3S.C2HF3O2/c1-23-14-6-4-3-5-13(14)17-15(20(23)25)16(26-2)18(27-17)19(24)22-11-12-7-9-21-10-8-12;3-2(4,5)1(6)7/h3-10H,11H2,1-2H3,(H,22,24);(H,6,7). The fourth-order valence-corrected chi connectivity index (χ4v) is 4.35. The van der Waals surface area contributed by atoms with Crippen LogP contribution < -0.4 is 15.6 Å². The van der Waals surface area contributed by atoms with Gasteiger partial charge in [-0.05, 0) is 23.8 Å². The van der Waals surface area contributed by atoms with Crippen LogP contribution in [-0.2, 0) is 18.4 Å². The summed E-state index contributed by atoms with van der Waals surface area (Å²) in [7, 11) is 3.21. The molecule has 178 valence electrons. The second kappa shape index (κ2) is 9.91. The van der Waals surface area contributed by atoms with E-state index in [2.05, 4.69) is 10.3 Å². The number of fused-ring (bicyclic) bond motifs is 3. The molecule has 0 unspecified atom stereocenters. The van der Waals surface area contributed by atoms with E-state index in [9.17, 15) is 22.8 Å². The van der Waals surface area contributed by atoms with Gasteiger partial charge in [-0.2, -0.15) is 13.2 Å². The van der Waals surface area contributed by atoms with Crippen LogP contribution in [0, 0.1) is 0 Å². The van der Waals surface area contributed by atoms with Crippen molar-refractivity contribution in [1.82, 2.24) is 14.9 Å². The number of thiophene rings is 1. The van der Waals surface area contributed by atoms with Crippen LogP contribution in [0.25, 0.3) is 21.0 Å². The van der Waals surface area contributed by atoms with Crippen molar-refractivity contribution in [2.45, 2.75) is 12.7 Å². The first-order valence-corrected chi connectivity index (χ1v) is 10.4. The third kappa shape index (κ3) is 5.01. The zero-order valence-electron chi connectivity index (χ0n) is 17.8. The van der Waals surface area contributed by atoms with Crippen LogP contribution in [0.5, 0.6) is 5.75 Å². The first-order valence-electron chi connectivity index (χ1n) is 9.61. The molecule has 0 atom stereocenters. The molecule has 0 spiro atoms. The van der Waals surface area contributed by atoms with Gasteiger partial charge in [0, 0.05) is 31.4 Å². The van der Waals surface area contributed by atoms with E-state index >= 15 is 0 Å². The number of rotatable bonds is 4. The number of carboxylic acids is 1. The third-order valence-electron chi connectivity index (χ3n) is 4.75. The number of hydrogen-bond acceptors (Lipinski definition) is 6. The SMILES string of the molecule is COc1c(C(=O)NCc2ccncc2)sc2c1c(=O)n(C)c1ccccc21.O=C(O)C(F)(F)F. The van der Waals surface area contributed by atoms with Crippen LogP contribution >= 0.6 is 11.3 Å². The molecule has 12 heteroatoms. The van der Waals surface area contributed by atoms with E-state index in [0.29, 0.717) is 22.6 Å². The summed E-state index contributed by atoms with van der Waals surface area (Å²) in [5.41, 5.74) is 1.59. The molecule has 0 aliphatic rings. The maximum atomic E-state index is 12.9. The summed E-state index contributed by atoms with van der Waals surface area (Å²) < 4.78 is 39.6. The molecule has 1 amide bonds. The van der Waals surface area contributed by atoms with Gasteiger partial charge in [0.05, 0.1) is 17.3 Å². The highest BCUT2D eigenvalue weighted by Gasteiger charge is 2.38. The van der Waals surface area contributed by atoms with Gasteiger partial charge in [0.15, 0.2) is 5.75 Å². The summed E-state index contributed by atoms with van der Waals surface area (Å²) in [6.45, 7) is 0.373. The highest BCUT2D eigenvalue weighted by atomic mass is 32.1. The lowest BCUT2D eigenvalue weighted by Crippen LogP contribution is -2.22. The number of aliphatic carboxylic acids is 1. The normalized spacial score (nSPS) is 11.1. The molecule has 8 nitrogen and oxygen atoms in total. The summed E-state index contributed by atoms with van der Waals surface area (Å²) in [6.07, 6.45) is -1.73. The lowest BCUT2D eigenvalue weighted by atomic mass is 10.1. The zero-order chi connectivity index (χ0) is 25.0. The number of nitrogens with zero attached hydrogens (tertiary/aromatic N) is 2. The number of nitrogens with one attached hydrogen (secondary N) is 1. The molecule has 0 saturated carbocycles. The zero-order valence-corrected chi connectivity index (χ0v) is 18.7. The maximum absolute atomic E-state index is 12.9. The van der Waals surface area contributed by atoms with Gasteiger partial charge in [-0.15, -0.1) is 11.3 Å². The predicted molar refractivity (Wildman–Crippen MR) is 120 cm³/mol. The molecule has 0 saturated heterocycles. The molecule has 4 aromatic rings. The van der Waals surface area contributed by atoms with E-state index in [1.807, 2.05) is 36.4 Å². The number of ether oxygens (including phenoxy) is 1. The largest absolute Gasteiger partial charge is 0.494 e. The number of amides is 1. The molecule has 3 heterocycles. The number of pyridine rings is 2. The molecule has 0 fully saturated rings. The van der Waals surface area contributed by atoms with Gasteiger partial charge < -0.3 is 19.7 Å². The number of para-hydroxylation sites is 1. The molecule has 1 aromatic carbocycles. The number of aromatic nitrogens is 2. The van der Waals surface area contributed by atoms with Crippen molar-refractivity contribution in [3.05, 3.63) is 69.6 Å². The number of alkyl halides is 3. The first-order chi connectivity index (χ1) is 16.1. The van der Waals surface area contributed by atoms with Gasteiger partial charge in [-0.25, -0.2) is 4.79 Å². The summed E-state index contributed by atoms with van der Waals surface area (Å²) in [4.78, 5) is 38.9. The predicted octanol–water partition coefficient (Wildman–Crippen LogP) is 3.72. The van der Waals surface area contributed by atoms with Crippen molar-refractivity contribution < 1.29 is 32.6 Å². The average Bonchev–Trinajstić information content (AvgIpc) is 3.21. The second-order valence-electron chi connectivity index (χ2n) is 6.89. The highest BCUT2D eigenvalue weighted by molar-refractivity contribution is 7.22. The van der Waals surface area contributed by atoms with Crippen LogP contribution in [0.1, 0.15) is 15.2 Å². The molecule has 34 heavy (non-hydrogen) atoms. The van der Waals surface area contributed by atoms with Crippen LogP contribution in [0.15, 0.2) is 53.6 Å². The first kappa shape index (κ1) is 24.7. The maximum Gasteiger partial charge on any atom is 0.490 e. The van der Waals surface area contributed by atoms with Gasteiger partial charge in [0.2, 0.25) is 0 Å². The Morgan fingerprint density at radius 2 is 1.79 bits per heavy atom.